The number of carbonyl (C=O) groups is 1. The normalized spacial score (nSPS) is 11.1. The largest absolute Gasteiger partial charge is 0.456 e. The zero-order chi connectivity index (χ0) is 16.2. The Bertz CT molecular complexity index is 612. The van der Waals surface area contributed by atoms with Gasteiger partial charge in [0.15, 0.2) is 0 Å². The van der Waals surface area contributed by atoms with Crippen LogP contribution in [-0.2, 0) is 11.3 Å². The van der Waals surface area contributed by atoms with Gasteiger partial charge in [0.05, 0.1) is 5.56 Å². The minimum Gasteiger partial charge on any atom is -0.456 e. The van der Waals surface area contributed by atoms with Crippen LogP contribution in [0.15, 0.2) is 54.6 Å². The summed E-state index contributed by atoms with van der Waals surface area (Å²) in [6.07, 6.45) is 0. The van der Waals surface area contributed by atoms with Crippen molar-refractivity contribution < 1.29 is 9.53 Å². The summed E-state index contributed by atoms with van der Waals surface area (Å²) in [5, 5.41) is 0. The van der Waals surface area contributed by atoms with Crippen LogP contribution in [0.2, 0.25) is 0 Å². The third-order valence-electron chi connectivity index (χ3n) is 3.21. The van der Waals surface area contributed by atoms with Crippen molar-refractivity contribution >= 4 is 11.7 Å². The Balaban J connectivity index is 2.04. The summed E-state index contributed by atoms with van der Waals surface area (Å²) in [6, 6.07) is 17.8. The highest BCUT2D eigenvalue weighted by Crippen LogP contribution is 2.18. The molecule has 0 aromatic heterocycles. The average Bonchev–Trinajstić information content (AvgIpc) is 2.46. The summed E-state index contributed by atoms with van der Waals surface area (Å²) < 4.78 is 5.37. The van der Waals surface area contributed by atoms with E-state index in [9.17, 15) is 4.79 Å². The fourth-order valence-corrected chi connectivity index (χ4v) is 2.14. The first-order valence-corrected chi connectivity index (χ1v) is 7.44. The first-order valence-electron chi connectivity index (χ1n) is 7.44. The number of nitrogens with zero attached hydrogens (tertiary/aromatic N) is 1. The lowest BCUT2D eigenvalue weighted by atomic mass is 10.1. The second-order valence-electron chi connectivity index (χ2n) is 6.39. The highest BCUT2D eigenvalue weighted by molar-refractivity contribution is 5.90. The van der Waals surface area contributed by atoms with Gasteiger partial charge in [-0.1, -0.05) is 30.3 Å². The second-order valence-corrected chi connectivity index (χ2v) is 6.39. The van der Waals surface area contributed by atoms with Crippen LogP contribution in [0, 0.1) is 0 Å². The topological polar surface area (TPSA) is 29.5 Å². The quantitative estimate of drug-likeness (QED) is 0.789. The van der Waals surface area contributed by atoms with E-state index in [1.165, 1.54) is 5.56 Å². The molecule has 0 saturated heterocycles. The Kier molecular flexibility index (Phi) is 4.86. The maximum atomic E-state index is 12.0. The second kappa shape index (κ2) is 6.65. The average molecular weight is 297 g/mol. The molecule has 0 aliphatic carbocycles. The van der Waals surface area contributed by atoms with Crippen molar-refractivity contribution in [1.82, 2.24) is 0 Å². The third kappa shape index (κ3) is 4.62. The van der Waals surface area contributed by atoms with Crippen LogP contribution in [0.5, 0.6) is 0 Å². The van der Waals surface area contributed by atoms with Crippen molar-refractivity contribution in [2.45, 2.75) is 32.9 Å². The molecule has 2 aromatic rings. The molecule has 0 N–H and O–H groups in total. The van der Waals surface area contributed by atoms with E-state index in [1.807, 2.05) is 70.3 Å². The van der Waals surface area contributed by atoms with E-state index in [2.05, 4.69) is 17.0 Å². The molecule has 0 radical (unpaired) electrons. The van der Waals surface area contributed by atoms with Crippen molar-refractivity contribution in [3.8, 4) is 0 Å². The standard InChI is InChI=1S/C19H23NO2/c1-19(2,3)22-18(21)16-10-12-17(13-11-16)20(4)14-15-8-6-5-7-9-15/h5-13H,14H2,1-4H3. The van der Waals surface area contributed by atoms with Gasteiger partial charge in [0.2, 0.25) is 0 Å². The highest BCUT2D eigenvalue weighted by atomic mass is 16.6. The molecule has 2 aromatic carbocycles. The predicted molar refractivity (Wildman–Crippen MR) is 90.2 cm³/mol. The third-order valence-corrected chi connectivity index (χ3v) is 3.21. The number of hydrogen-bond donors (Lipinski definition) is 0. The number of ether oxygens (including phenoxy) is 1. The van der Waals surface area contributed by atoms with Gasteiger partial charge >= 0.3 is 5.97 Å². The molecule has 0 fully saturated rings. The molecule has 0 heterocycles. The molecule has 0 aliphatic rings. The van der Waals surface area contributed by atoms with Gasteiger partial charge < -0.3 is 9.64 Å². The number of benzene rings is 2. The fourth-order valence-electron chi connectivity index (χ4n) is 2.14. The predicted octanol–water partition coefficient (Wildman–Crippen LogP) is 4.28. The van der Waals surface area contributed by atoms with E-state index in [-0.39, 0.29) is 5.97 Å². The lowest BCUT2D eigenvalue weighted by Gasteiger charge is -2.21. The minimum atomic E-state index is -0.472. The summed E-state index contributed by atoms with van der Waals surface area (Å²) in [6.45, 7) is 6.43. The summed E-state index contributed by atoms with van der Waals surface area (Å²) in [5.74, 6) is -0.287. The van der Waals surface area contributed by atoms with Crippen molar-refractivity contribution in [3.05, 3.63) is 65.7 Å². The van der Waals surface area contributed by atoms with Gasteiger partial charge in [-0.05, 0) is 50.6 Å². The van der Waals surface area contributed by atoms with E-state index < -0.39 is 5.60 Å². The molecule has 116 valence electrons. The molecule has 0 bridgehead atoms. The van der Waals surface area contributed by atoms with Gasteiger partial charge in [0.25, 0.3) is 0 Å². The van der Waals surface area contributed by atoms with Gasteiger partial charge in [0.1, 0.15) is 5.60 Å². The number of hydrogen-bond acceptors (Lipinski definition) is 3. The molecule has 0 atom stereocenters. The Morgan fingerprint density at radius 3 is 2.14 bits per heavy atom. The van der Waals surface area contributed by atoms with Crippen LogP contribution >= 0.6 is 0 Å². The number of anilines is 1. The van der Waals surface area contributed by atoms with Crippen molar-refractivity contribution in [3.63, 3.8) is 0 Å². The zero-order valence-corrected chi connectivity index (χ0v) is 13.7. The molecular formula is C19H23NO2. The molecule has 0 aliphatic heterocycles. The van der Waals surface area contributed by atoms with Crippen LogP contribution in [0.3, 0.4) is 0 Å². The smallest absolute Gasteiger partial charge is 0.338 e. The van der Waals surface area contributed by atoms with Crippen LogP contribution < -0.4 is 4.90 Å². The fraction of sp³-hybridized carbons (Fsp3) is 0.316. The zero-order valence-electron chi connectivity index (χ0n) is 13.7. The molecule has 2 rings (SSSR count). The molecule has 3 nitrogen and oxygen atoms in total. The molecule has 0 amide bonds. The Morgan fingerprint density at radius 2 is 1.59 bits per heavy atom. The van der Waals surface area contributed by atoms with Gasteiger partial charge in [-0.15, -0.1) is 0 Å². The van der Waals surface area contributed by atoms with Gasteiger partial charge in [0, 0.05) is 19.3 Å². The summed E-state index contributed by atoms with van der Waals surface area (Å²) in [4.78, 5) is 14.1. The molecule has 0 saturated carbocycles. The Hall–Kier alpha value is -2.29. The van der Waals surface area contributed by atoms with Crippen LogP contribution in [0.1, 0.15) is 36.7 Å². The summed E-state index contributed by atoms with van der Waals surface area (Å²) in [7, 11) is 2.04. The molecule has 0 spiro atoms. The lowest BCUT2D eigenvalue weighted by Crippen LogP contribution is -2.24. The van der Waals surface area contributed by atoms with Gasteiger partial charge in [-0.3, -0.25) is 0 Å². The van der Waals surface area contributed by atoms with E-state index in [0.717, 1.165) is 12.2 Å². The van der Waals surface area contributed by atoms with E-state index in [1.54, 1.807) is 0 Å². The van der Waals surface area contributed by atoms with Crippen molar-refractivity contribution in [2.75, 3.05) is 11.9 Å². The molecule has 3 heteroatoms. The van der Waals surface area contributed by atoms with E-state index >= 15 is 0 Å². The number of rotatable bonds is 4. The van der Waals surface area contributed by atoms with Crippen LogP contribution in [-0.4, -0.2) is 18.6 Å². The monoisotopic (exact) mass is 297 g/mol. The van der Waals surface area contributed by atoms with E-state index in [4.69, 9.17) is 4.74 Å². The van der Waals surface area contributed by atoms with Crippen LogP contribution in [0.25, 0.3) is 0 Å². The minimum absolute atomic E-state index is 0.287. The summed E-state index contributed by atoms with van der Waals surface area (Å²) >= 11 is 0. The van der Waals surface area contributed by atoms with Crippen molar-refractivity contribution in [1.29, 1.82) is 0 Å². The summed E-state index contributed by atoms with van der Waals surface area (Å²) in [5.41, 5.74) is 2.42. The Labute approximate surface area is 132 Å². The van der Waals surface area contributed by atoms with E-state index in [0.29, 0.717) is 5.56 Å². The Morgan fingerprint density at radius 1 is 1.00 bits per heavy atom. The highest BCUT2D eigenvalue weighted by Gasteiger charge is 2.17. The number of carbonyl (C=O) groups excluding carboxylic acids is 1. The van der Waals surface area contributed by atoms with Gasteiger partial charge in [-0.2, -0.15) is 0 Å². The first-order chi connectivity index (χ1) is 10.3. The lowest BCUT2D eigenvalue weighted by molar-refractivity contribution is 0.00696. The molecular weight excluding hydrogens is 274 g/mol. The SMILES string of the molecule is CN(Cc1ccccc1)c1ccc(C(=O)OC(C)(C)C)cc1. The van der Waals surface area contributed by atoms with Crippen LogP contribution in [0.4, 0.5) is 5.69 Å². The van der Waals surface area contributed by atoms with Crippen molar-refractivity contribution in [2.24, 2.45) is 0 Å². The maximum Gasteiger partial charge on any atom is 0.338 e. The maximum absolute atomic E-state index is 12.0. The van der Waals surface area contributed by atoms with Gasteiger partial charge in [-0.25, -0.2) is 4.79 Å². The number of esters is 1. The molecule has 22 heavy (non-hydrogen) atoms. The first kappa shape index (κ1) is 16.1. The molecule has 0 unspecified atom stereocenters.